The first kappa shape index (κ1) is 25.2. The van der Waals surface area contributed by atoms with Crippen LogP contribution in [0, 0.1) is 23.0 Å². The van der Waals surface area contributed by atoms with E-state index < -0.39 is 27.5 Å². The van der Waals surface area contributed by atoms with Crippen molar-refractivity contribution >= 4 is 33.3 Å². The van der Waals surface area contributed by atoms with Gasteiger partial charge in [0.15, 0.2) is 6.61 Å². The van der Waals surface area contributed by atoms with Crippen molar-refractivity contribution < 1.29 is 27.7 Å². The number of para-hydroxylation sites is 1. The van der Waals surface area contributed by atoms with Gasteiger partial charge in [-0.15, -0.1) is 0 Å². The van der Waals surface area contributed by atoms with Crippen molar-refractivity contribution in [3.63, 3.8) is 0 Å². The molecule has 34 heavy (non-hydrogen) atoms. The number of hydrogen-bond donors (Lipinski definition) is 1. The highest BCUT2D eigenvalue weighted by Crippen LogP contribution is 2.30. The number of nitrogens with one attached hydrogen (secondary N) is 1. The van der Waals surface area contributed by atoms with E-state index in [4.69, 9.17) is 4.74 Å². The summed E-state index contributed by atoms with van der Waals surface area (Å²) in [4.78, 5) is 37.0. The number of aryl methyl sites for hydroxylation is 1. The predicted octanol–water partition coefficient (Wildman–Crippen LogP) is 3.51. The lowest BCUT2D eigenvalue weighted by Gasteiger charge is -2.22. The normalized spacial score (nSPS) is 13.2. The molecule has 1 fully saturated rings. The number of amides is 1. The molecule has 0 saturated heterocycles. The second-order valence-corrected chi connectivity index (χ2v) is 9.87. The number of carbonyl (C=O) groups excluding carboxylic acids is 2. The minimum absolute atomic E-state index is 0.0609. The third-order valence-corrected chi connectivity index (χ3v) is 6.92. The summed E-state index contributed by atoms with van der Waals surface area (Å²) in [7, 11) is -4.25. The molecule has 0 aromatic heterocycles. The number of benzene rings is 2. The second-order valence-electron chi connectivity index (χ2n) is 8.22. The summed E-state index contributed by atoms with van der Waals surface area (Å²) in [5.41, 5.74) is -0.212. The lowest BCUT2D eigenvalue weighted by Crippen LogP contribution is -2.36. The van der Waals surface area contributed by atoms with Gasteiger partial charge in [0.2, 0.25) is 0 Å². The molecular formula is C23H27N3O7S. The van der Waals surface area contributed by atoms with Crippen molar-refractivity contribution in [3.8, 4) is 0 Å². The highest BCUT2D eigenvalue weighted by Gasteiger charge is 2.27. The number of ether oxygens (including phenoxy) is 1. The largest absolute Gasteiger partial charge is 0.452 e. The van der Waals surface area contributed by atoms with Crippen LogP contribution in [0.3, 0.4) is 0 Å². The average molecular weight is 490 g/mol. The van der Waals surface area contributed by atoms with Crippen molar-refractivity contribution in [2.75, 3.05) is 24.4 Å². The number of nitro benzene ring substituents is 1. The first-order valence-corrected chi connectivity index (χ1v) is 12.4. The number of sulfonamides is 1. The van der Waals surface area contributed by atoms with E-state index in [0.717, 1.165) is 25.3 Å². The third-order valence-electron chi connectivity index (χ3n) is 5.41. The SMILES string of the molecule is CCCN(CC1CC1)C(=O)COC(=O)c1ccccc1NS(=O)(=O)c1cc([N+](=O)[O-])ccc1C. The Morgan fingerprint density at radius 2 is 1.91 bits per heavy atom. The summed E-state index contributed by atoms with van der Waals surface area (Å²) in [5, 5.41) is 11.1. The van der Waals surface area contributed by atoms with Crippen molar-refractivity contribution in [1.82, 2.24) is 4.90 Å². The van der Waals surface area contributed by atoms with Crippen molar-refractivity contribution in [1.29, 1.82) is 0 Å². The van der Waals surface area contributed by atoms with E-state index in [1.807, 2.05) is 6.92 Å². The molecule has 1 saturated carbocycles. The number of carbonyl (C=O) groups is 2. The topological polar surface area (TPSA) is 136 Å². The van der Waals surface area contributed by atoms with Crippen LogP contribution in [-0.2, 0) is 19.6 Å². The number of esters is 1. The third kappa shape index (κ3) is 6.31. The summed E-state index contributed by atoms with van der Waals surface area (Å²) in [6.07, 6.45) is 2.96. The van der Waals surface area contributed by atoms with Gasteiger partial charge in [-0.2, -0.15) is 0 Å². The fourth-order valence-corrected chi connectivity index (χ4v) is 4.78. The zero-order valence-corrected chi connectivity index (χ0v) is 19.8. The van der Waals surface area contributed by atoms with Crippen LogP contribution in [0.15, 0.2) is 47.4 Å². The Balaban J connectivity index is 1.75. The number of rotatable bonds is 11. The Bertz CT molecular complexity index is 1190. The van der Waals surface area contributed by atoms with Gasteiger partial charge in [-0.05, 0) is 49.8 Å². The Labute approximate surface area is 198 Å². The first-order chi connectivity index (χ1) is 16.1. The predicted molar refractivity (Wildman–Crippen MR) is 125 cm³/mol. The molecule has 1 N–H and O–H groups in total. The standard InChI is InChI=1S/C23H27N3O7S/c1-3-12-25(14-17-9-10-17)22(27)15-33-23(28)19-6-4-5-7-20(19)24-34(31,32)21-13-18(26(29)30)11-8-16(21)2/h4-8,11,13,17,24H,3,9-10,12,14-15H2,1-2H3. The Morgan fingerprint density at radius 3 is 2.56 bits per heavy atom. The average Bonchev–Trinajstić information content (AvgIpc) is 3.61. The Hall–Kier alpha value is -3.47. The highest BCUT2D eigenvalue weighted by atomic mass is 32.2. The van der Waals surface area contributed by atoms with E-state index in [1.54, 1.807) is 4.90 Å². The molecule has 182 valence electrons. The summed E-state index contributed by atoms with van der Waals surface area (Å²) >= 11 is 0. The molecule has 2 aromatic rings. The molecular weight excluding hydrogens is 462 g/mol. The summed E-state index contributed by atoms with van der Waals surface area (Å²) < 4.78 is 33.4. The van der Waals surface area contributed by atoms with Gasteiger partial charge in [0.25, 0.3) is 21.6 Å². The number of anilines is 1. The Kier molecular flexibility index (Phi) is 7.87. The van der Waals surface area contributed by atoms with Gasteiger partial charge in [0.1, 0.15) is 0 Å². The number of non-ortho nitro benzene ring substituents is 1. The van der Waals surface area contributed by atoms with E-state index in [2.05, 4.69) is 4.72 Å². The second kappa shape index (κ2) is 10.6. The zero-order valence-electron chi connectivity index (χ0n) is 19.0. The lowest BCUT2D eigenvalue weighted by atomic mass is 10.2. The molecule has 0 radical (unpaired) electrons. The van der Waals surface area contributed by atoms with E-state index in [9.17, 15) is 28.1 Å². The van der Waals surface area contributed by atoms with E-state index >= 15 is 0 Å². The van der Waals surface area contributed by atoms with Crippen LogP contribution in [0.1, 0.15) is 42.1 Å². The lowest BCUT2D eigenvalue weighted by molar-refractivity contribution is -0.385. The minimum atomic E-state index is -4.25. The maximum atomic E-state index is 13.0. The van der Waals surface area contributed by atoms with E-state index in [0.29, 0.717) is 24.6 Å². The van der Waals surface area contributed by atoms with Crippen LogP contribution in [0.2, 0.25) is 0 Å². The van der Waals surface area contributed by atoms with Gasteiger partial charge >= 0.3 is 5.97 Å². The van der Waals surface area contributed by atoms with E-state index in [1.165, 1.54) is 43.3 Å². The minimum Gasteiger partial charge on any atom is -0.452 e. The quantitative estimate of drug-likeness (QED) is 0.290. The molecule has 0 aliphatic heterocycles. The molecule has 11 heteroatoms. The molecule has 10 nitrogen and oxygen atoms in total. The van der Waals surface area contributed by atoms with Gasteiger partial charge < -0.3 is 9.64 Å². The van der Waals surface area contributed by atoms with Gasteiger partial charge in [0, 0.05) is 25.2 Å². The summed E-state index contributed by atoms with van der Waals surface area (Å²) in [6, 6.07) is 9.31. The van der Waals surface area contributed by atoms with Gasteiger partial charge in [-0.3, -0.25) is 19.6 Å². The summed E-state index contributed by atoms with van der Waals surface area (Å²) in [5.74, 6) is -0.656. The van der Waals surface area contributed by atoms with Crippen LogP contribution in [0.25, 0.3) is 0 Å². The van der Waals surface area contributed by atoms with E-state index in [-0.39, 0.29) is 27.7 Å². The molecule has 0 bridgehead atoms. The molecule has 2 aromatic carbocycles. The highest BCUT2D eigenvalue weighted by molar-refractivity contribution is 7.92. The molecule has 1 amide bonds. The summed E-state index contributed by atoms with van der Waals surface area (Å²) in [6.45, 7) is 4.24. The molecule has 1 aliphatic rings. The monoisotopic (exact) mass is 489 g/mol. The van der Waals surface area contributed by atoms with Crippen LogP contribution < -0.4 is 4.72 Å². The molecule has 0 atom stereocenters. The fourth-order valence-electron chi connectivity index (χ4n) is 3.44. The molecule has 0 heterocycles. The smallest absolute Gasteiger partial charge is 0.340 e. The molecule has 0 unspecified atom stereocenters. The zero-order chi connectivity index (χ0) is 24.9. The number of nitrogens with zero attached hydrogens (tertiary/aromatic N) is 2. The van der Waals surface area contributed by atoms with Gasteiger partial charge in [-0.25, -0.2) is 13.2 Å². The van der Waals surface area contributed by atoms with Crippen LogP contribution in [0.4, 0.5) is 11.4 Å². The van der Waals surface area contributed by atoms with Crippen molar-refractivity contribution in [3.05, 3.63) is 63.7 Å². The Morgan fingerprint density at radius 1 is 1.21 bits per heavy atom. The maximum Gasteiger partial charge on any atom is 0.340 e. The van der Waals surface area contributed by atoms with Crippen molar-refractivity contribution in [2.24, 2.45) is 5.92 Å². The fraction of sp³-hybridized carbons (Fsp3) is 0.391. The molecule has 3 rings (SSSR count). The number of nitro groups is 1. The van der Waals surface area contributed by atoms with Gasteiger partial charge in [-0.1, -0.05) is 25.1 Å². The maximum absolute atomic E-state index is 13.0. The van der Waals surface area contributed by atoms with Crippen LogP contribution >= 0.6 is 0 Å². The van der Waals surface area contributed by atoms with Gasteiger partial charge in [0.05, 0.1) is 21.1 Å². The van der Waals surface area contributed by atoms with Crippen LogP contribution in [-0.4, -0.2) is 49.8 Å². The molecule has 1 aliphatic carbocycles. The molecule has 0 spiro atoms. The van der Waals surface area contributed by atoms with Crippen molar-refractivity contribution in [2.45, 2.75) is 38.0 Å². The van der Waals surface area contributed by atoms with Crippen LogP contribution in [0.5, 0.6) is 0 Å². The number of hydrogen-bond acceptors (Lipinski definition) is 7. The first-order valence-electron chi connectivity index (χ1n) is 10.9.